The Kier molecular flexibility index (Phi) is 6.50. The van der Waals surface area contributed by atoms with Gasteiger partial charge < -0.3 is 15.0 Å². The molecular weight excluding hydrogens is 374 g/mol. The molecule has 27 heavy (non-hydrogen) atoms. The lowest BCUT2D eigenvalue weighted by Gasteiger charge is -2.16. The van der Waals surface area contributed by atoms with Gasteiger partial charge in [-0.1, -0.05) is 13.8 Å². The van der Waals surface area contributed by atoms with Crippen molar-refractivity contribution in [2.24, 2.45) is 13.0 Å². The van der Waals surface area contributed by atoms with Crippen LogP contribution in [0.25, 0.3) is 0 Å². The molecule has 0 fully saturated rings. The van der Waals surface area contributed by atoms with E-state index in [1.54, 1.807) is 11.6 Å². The minimum absolute atomic E-state index is 0.0130. The van der Waals surface area contributed by atoms with Crippen molar-refractivity contribution >= 4 is 29.3 Å². The number of carboxylic acids is 1. The van der Waals surface area contributed by atoms with Crippen LogP contribution >= 0.6 is 11.8 Å². The minimum Gasteiger partial charge on any atom is -0.480 e. The quantitative estimate of drug-likeness (QED) is 0.513. The lowest BCUT2D eigenvalue weighted by Crippen LogP contribution is -2.41. The summed E-state index contributed by atoms with van der Waals surface area (Å²) < 4.78 is 1.61. The summed E-state index contributed by atoms with van der Waals surface area (Å²) in [5, 5.41) is 31.1. The van der Waals surface area contributed by atoms with Crippen LogP contribution in [-0.2, 0) is 11.8 Å². The van der Waals surface area contributed by atoms with Crippen LogP contribution in [0.5, 0.6) is 0 Å². The maximum Gasteiger partial charge on any atom is 0.326 e. The fourth-order valence-corrected chi connectivity index (χ4v) is 3.14. The van der Waals surface area contributed by atoms with E-state index in [-0.39, 0.29) is 23.6 Å². The first-order valence-electron chi connectivity index (χ1n) is 8.03. The third-order valence-electron chi connectivity index (χ3n) is 3.60. The molecule has 0 saturated carbocycles. The lowest BCUT2D eigenvalue weighted by atomic mass is 10.0. The van der Waals surface area contributed by atoms with E-state index in [2.05, 4.69) is 15.5 Å². The monoisotopic (exact) mass is 393 g/mol. The zero-order valence-corrected chi connectivity index (χ0v) is 15.8. The summed E-state index contributed by atoms with van der Waals surface area (Å²) in [6.45, 7) is 3.68. The number of carbonyl (C=O) groups excluding carboxylic acids is 1. The molecule has 0 aliphatic heterocycles. The largest absolute Gasteiger partial charge is 0.480 e. The number of nitro groups is 1. The second kappa shape index (κ2) is 8.62. The van der Waals surface area contributed by atoms with Crippen molar-refractivity contribution in [2.75, 3.05) is 0 Å². The van der Waals surface area contributed by atoms with Gasteiger partial charge in [-0.15, -0.1) is 10.2 Å². The average Bonchev–Trinajstić information content (AvgIpc) is 2.98. The Labute approximate surface area is 159 Å². The number of carbonyl (C=O) groups is 2. The summed E-state index contributed by atoms with van der Waals surface area (Å²) >= 11 is 1.05. The molecule has 0 aliphatic rings. The Bertz CT molecular complexity index is 867. The van der Waals surface area contributed by atoms with E-state index in [4.69, 9.17) is 0 Å². The number of aromatic nitrogens is 3. The van der Waals surface area contributed by atoms with Crippen molar-refractivity contribution in [3.05, 3.63) is 40.2 Å². The molecular formula is C16H19N5O5S. The highest BCUT2D eigenvalue weighted by Gasteiger charge is 2.24. The second-order valence-electron chi connectivity index (χ2n) is 6.26. The average molecular weight is 393 g/mol. The highest BCUT2D eigenvalue weighted by atomic mass is 32.2. The number of aliphatic carboxylic acids is 1. The van der Waals surface area contributed by atoms with Crippen molar-refractivity contribution in [1.29, 1.82) is 0 Å². The molecule has 0 aliphatic carbocycles. The zero-order chi connectivity index (χ0) is 20.1. The molecule has 2 N–H and O–H groups in total. The number of nitro benzene ring substituents is 1. The Morgan fingerprint density at radius 3 is 2.63 bits per heavy atom. The van der Waals surface area contributed by atoms with Gasteiger partial charge in [-0.25, -0.2) is 4.79 Å². The number of hydrogen-bond donors (Lipinski definition) is 2. The fourth-order valence-electron chi connectivity index (χ4n) is 2.29. The Morgan fingerprint density at radius 2 is 2.11 bits per heavy atom. The van der Waals surface area contributed by atoms with Gasteiger partial charge in [0, 0.05) is 18.7 Å². The molecule has 1 aromatic carbocycles. The van der Waals surface area contributed by atoms with E-state index in [9.17, 15) is 24.8 Å². The van der Waals surface area contributed by atoms with Crippen LogP contribution in [0.3, 0.4) is 0 Å². The fraction of sp³-hybridized carbons (Fsp3) is 0.375. The minimum atomic E-state index is -1.15. The number of amides is 1. The van der Waals surface area contributed by atoms with Gasteiger partial charge in [-0.05, 0) is 36.2 Å². The molecule has 0 unspecified atom stereocenters. The second-order valence-corrected chi connectivity index (χ2v) is 7.27. The zero-order valence-electron chi connectivity index (χ0n) is 14.9. The Hall–Kier alpha value is -2.95. The number of nitrogens with zero attached hydrogens (tertiary/aromatic N) is 4. The Balaban J connectivity index is 2.26. The lowest BCUT2D eigenvalue weighted by molar-refractivity contribution is -0.387. The van der Waals surface area contributed by atoms with E-state index in [1.807, 2.05) is 13.8 Å². The molecule has 0 saturated heterocycles. The third kappa shape index (κ3) is 5.26. The first-order valence-corrected chi connectivity index (χ1v) is 8.84. The number of carboxylic acid groups (broad SMARTS) is 1. The molecule has 2 aromatic rings. The SMILES string of the molecule is CC(C)C[C@H](NC(=O)c1ccc(Sc2nncn2C)c([N+](=O)[O-])c1)C(=O)O. The highest BCUT2D eigenvalue weighted by Crippen LogP contribution is 2.34. The van der Waals surface area contributed by atoms with Gasteiger partial charge >= 0.3 is 5.97 Å². The van der Waals surface area contributed by atoms with Crippen molar-refractivity contribution < 1.29 is 19.6 Å². The number of aryl methyl sites for hydroxylation is 1. The number of rotatable bonds is 8. The van der Waals surface area contributed by atoms with Crippen LogP contribution in [0.1, 0.15) is 30.6 Å². The summed E-state index contributed by atoms with van der Waals surface area (Å²) in [6, 6.07) is 2.91. The van der Waals surface area contributed by atoms with Gasteiger partial charge in [-0.3, -0.25) is 14.9 Å². The van der Waals surface area contributed by atoms with Gasteiger partial charge in [0.2, 0.25) is 0 Å². The topological polar surface area (TPSA) is 140 Å². The van der Waals surface area contributed by atoms with Gasteiger partial charge in [0.1, 0.15) is 12.4 Å². The van der Waals surface area contributed by atoms with Crippen molar-refractivity contribution in [2.45, 2.75) is 36.4 Å². The van der Waals surface area contributed by atoms with Gasteiger partial charge in [0.25, 0.3) is 11.6 Å². The maximum absolute atomic E-state index is 12.4. The van der Waals surface area contributed by atoms with Crippen LogP contribution in [0.15, 0.2) is 34.6 Å². The molecule has 10 nitrogen and oxygen atoms in total. The summed E-state index contributed by atoms with van der Waals surface area (Å²) in [5.41, 5.74) is -0.259. The smallest absolute Gasteiger partial charge is 0.326 e. The van der Waals surface area contributed by atoms with E-state index in [0.717, 1.165) is 17.8 Å². The first kappa shape index (κ1) is 20.4. The molecule has 1 amide bonds. The standard InChI is InChI=1S/C16H19N5O5S/c1-9(2)6-11(15(23)24)18-14(22)10-4-5-13(12(7-10)21(25)26)27-16-19-17-8-20(16)3/h4-5,7-9,11H,6H2,1-3H3,(H,18,22)(H,23,24)/t11-/m0/s1. The molecule has 1 aromatic heterocycles. The molecule has 11 heteroatoms. The number of hydrogen-bond acceptors (Lipinski definition) is 7. The molecule has 0 bridgehead atoms. The molecule has 144 valence electrons. The van der Waals surface area contributed by atoms with Crippen LogP contribution in [0.2, 0.25) is 0 Å². The van der Waals surface area contributed by atoms with Crippen molar-refractivity contribution in [3.63, 3.8) is 0 Å². The summed E-state index contributed by atoms with van der Waals surface area (Å²) in [7, 11) is 1.71. The van der Waals surface area contributed by atoms with Crippen LogP contribution in [-0.4, -0.2) is 42.7 Å². The third-order valence-corrected chi connectivity index (χ3v) is 4.72. The summed E-state index contributed by atoms with van der Waals surface area (Å²) in [4.78, 5) is 34.8. The molecule has 2 rings (SSSR count). The van der Waals surface area contributed by atoms with Crippen LogP contribution in [0.4, 0.5) is 5.69 Å². The van der Waals surface area contributed by atoms with E-state index in [0.29, 0.717) is 10.1 Å². The van der Waals surface area contributed by atoms with E-state index < -0.39 is 22.8 Å². The summed E-state index contributed by atoms with van der Waals surface area (Å²) in [6.07, 6.45) is 1.72. The van der Waals surface area contributed by atoms with Crippen LogP contribution < -0.4 is 5.32 Å². The highest BCUT2D eigenvalue weighted by molar-refractivity contribution is 7.99. The maximum atomic E-state index is 12.4. The first-order chi connectivity index (χ1) is 12.7. The predicted molar refractivity (Wildman–Crippen MR) is 96.6 cm³/mol. The molecule has 1 atom stereocenters. The number of benzene rings is 1. The molecule has 0 radical (unpaired) electrons. The summed E-state index contributed by atoms with van der Waals surface area (Å²) in [5.74, 6) is -1.77. The van der Waals surface area contributed by atoms with Crippen LogP contribution in [0, 0.1) is 16.0 Å². The molecule has 0 spiro atoms. The Morgan fingerprint density at radius 1 is 1.41 bits per heavy atom. The van der Waals surface area contributed by atoms with Gasteiger partial charge in [0.15, 0.2) is 5.16 Å². The number of nitrogens with one attached hydrogen (secondary N) is 1. The van der Waals surface area contributed by atoms with Crippen molar-refractivity contribution in [3.8, 4) is 0 Å². The van der Waals surface area contributed by atoms with E-state index in [1.165, 1.54) is 18.5 Å². The van der Waals surface area contributed by atoms with Crippen molar-refractivity contribution in [1.82, 2.24) is 20.1 Å². The predicted octanol–water partition coefficient (Wildman–Crippen LogP) is 2.10. The normalized spacial score (nSPS) is 12.0. The van der Waals surface area contributed by atoms with E-state index >= 15 is 0 Å². The molecule has 1 heterocycles. The van der Waals surface area contributed by atoms with Gasteiger partial charge in [-0.2, -0.15) is 0 Å². The van der Waals surface area contributed by atoms with Gasteiger partial charge in [0.05, 0.1) is 9.82 Å².